The molecule has 9 nitrogen and oxygen atoms in total. The lowest BCUT2D eigenvalue weighted by Crippen LogP contribution is -2.53. The molecule has 0 aromatic heterocycles. The molecular formula is C31H32O9. The molecule has 3 aromatic rings. The fourth-order valence-electron chi connectivity index (χ4n) is 4.51. The van der Waals surface area contributed by atoms with Gasteiger partial charge < -0.3 is 24.1 Å². The molecule has 1 N–H and O–H groups in total. The molecule has 3 rings (SSSR count). The third-order valence-electron chi connectivity index (χ3n) is 6.08. The molecule has 3 aromatic carbocycles. The topological polar surface area (TPSA) is 125 Å². The SMILES string of the molecule is CC(=O)O[C@@H]([C@H](OC(C)=O)[C@H](C=O)OC(C)=O)[C@H](O)COC(c1ccccc1)(c1ccccc1)c1ccccc1. The Balaban J connectivity index is 2.09. The van der Waals surface area contributed by atoms with Gasteiger partial charge in [-0.2, -0.15) is 0 Å². The number of carbonyl (C=O) groups is 4. The molecule has 0 saturated heterocycles. The van der Waals surface area contributed by atoms with Crippen LogP contribution < -0.4 is 0 Å². The molecule has 0 aliphatic heterocycles. The van der Waals surface area contributed by atoms with E-state index in [9.17, 15) is 24.3 Å². The van der Waals surface area contributed by atoms with Gasteiger partial charge in [0.2, 0.25) is 0 Å². The van der Waals surface area contributed by atoms with Gasteiger partial charge in [0.15, 0.2) is 24.6 Å². The second-order valence-corrected chi connectivity index (χ2v) is 9.02. The van der Waals surface area contributed by atoms with Crippen molar-refractivity contribution in [2.24, 2.45) is 0 Å². The molecule has 40 heavy (non-hydrogen) atoms. The van der Waals surface area contributed by atoms with Gasteiger partial charge in [-0.25, -0.2) is 0 Å². The monoisotopic (exact) mass is 548 g/mol. The van der Waals surface area contributed by atoms with Crippen LogP contribution in [0.4, 0.5) is 0 Å². The highest BCUT2D eigenvalue weighted by molar-refractivity contribution is 5.72. The lowest BCUT2D eigenvalue weighted by molar-refractivity contribution is -0.196. The minimum Gasteiger partial charge on any atom is -0.456 e. The zero-order valence-electron chi connectivity index (χ0n) is 22.5. The third-order valence-corrected chi connectivity index (χ3v) is 6.08. The first kappa shape index (κ1) is 30.2. The minimum atomic E-state index is -1.65. The van der Waals surface area contributed by atoms with Gasteiger partial charge in [0, 0.05) is 20.8 Å². The quantitative estimate of drug-likeness (QED) is 0.148. The van der Waals surface area contributed by atoms with Crippen molar-refractivity contribution in [2.45, 2.75) is 50.8 Å². The van der Waals surface area contributed by atoms with Crippen molar-refractivity contribution >= 4 is 24.2 Å². The van der Waals surface area contributed by atoms with Gasteiger partial charge in [0.1, 0.15) is 11.7 Å². The van der Waals surface area contributed by atoms with Crippen LogP contribution >= 0.6 is 0 Å². The molecule has 0 spiro atoms. The van der Waals surface area contributed by atoms with Crippen LogP contribution in [-0.4, -0.2) is 60.3 Å². The summed E-state index contributed by atoms with van der Waals surface area (Å²) in [5, 5.41) is 11.4. The number of hydrogen-bond donors (Lipinski definition) is 1. The summed E-state index contributed by atoms with van der Waals surface area (Å²) in [6.45, 7) is 2.78. The maximum Gasteiger partial charge on any atom is 0.303 e. The van der Waals surface area contributed by atoms with Crippen molar-refractivity contribution in [3.63, 3.8) is 0 Å². The molecular weight excluding hydrogens is 516 g/mol. The molecule has 0 saturated carbocycles. The first-order valence-corrected chi connectivity index (χ1v) is 12.6. The van der Waals surface area contributed by atoms with E-state index in [0.717, 1.165) is 37.5 Å². The van der Waals surface area contributed by atoms with Crippen molar-refractivity contribution < 1.29 is 43.2 Å². The Morgan fingerprint density at radius 1 is 0.675 bits per heavy atom. The van der Waals surface area contributed by atoms with Crippen molar-refractivity contribution in [1.82, 2.24) is 0 Å². The molecule has 0 aliphatic carbocycles. The van der Waals surface area contributed by atoms with Gasteiger partial charge >= 0.3 is 17.9 Å². The molecule has 0 amide bonds. The Morgan fingerprint density at radius 2 is 1.05 bits per heavy atom. The Morgan fingerprint density at radius 3 is 1.40 bits per heavy atom. The van der Waals surface area contributed by atoms with Gasteiger partial charge in [-0.15, -0.1) is 0 Å². The number of rotatable bonds is 13. The number of ether oxygens (including phenoxy) is 4. The molecule has 4 atom stereocenters. The molecule has 0 heterocycles. The highest BCUT2D eigenvalue weighted by Crippen LogP contribution is 2.40. The maximum atomic E-state index is 12.0. The van der Waals surface area contributed by atoms with E-state index in [1.165, 1.54) is 0 Å². The van der Waals surface area contributed by atoms with Crippen LogP contribution in [0, 0.1) is 0 Å². The second kappa shape index (κ2) is 14.2. The van der Waals surface area contributed by atoms with Gasteiger partial charge in [0.05, 0.1) is 6.61 Å². The number of benzene rings is 3. The molecule has 0 aliphatic rings. The molecule has 0 bridgehead atoms. The molecule has 210 valence electrons. The van der Waals surface area contributed by atoms with Gasteiger partial charge in [-0.1, -0.05) is 91.0 Å². The number of hydrogen-bond acceptors (Lipinski definition) is 9. The Hall–Kier alpha value is -4.34. The van der Waals surface area contributed by atoms with E-state index in [0.29, 0.717) is 0 Å². The molecule has 0 fully saturated rings. The number of esters is 3. The fraction of sp³-hybridized carbons (Fsp3) is 0.290. The summed E-state index contributed by atoms with van der Waals surface area (Å²) in [5.74, 6) is -2.51. The van der Waals surface area contributed by atoms with Crippen LogP contribution in [-0.2, 0) is 43.7 Å². The lowest BCUT2D eigenvalue weighted by Gasteiger charge is -2.38. The smallest absolute Gasteiger partial charge is 0.303 e. The van der Waals surface area contributed by atoms with E-state index in [4.69, 9.17) is 18.9 Å². The largest absolute Gasteiger partial charge is 0.456 e. The van der Waals surface area contributed by atoms with E-state index >= 15 is 0 Å². The first-order chi connectivity index (χ1) is 19.2. The first-order valence-electron chi connectivity index (χ1n) is 12.6. The highest BCUT2D eigenvalue weighted by atomic mass is 16.6. The van der Waals surface area contributed by atoms with E-state index in [2.05, 4.69) is 0 Å². The minimum absolute atomic E-state index is 0.237. The van der Waals surface area contributed by atoms with Crippen molar-refractivity contribution in [2.75, 3.05) is 6.61 Å². The van der Waals surface area contributed by atoms with Gasteiger partial charge in [-0.05, 0) is 16.7 Å². The molecule has 0 radical (unpaired) electrons. The summed E-state index contributed by atoms with van der Waals surface area (Å²) in [4.78, 5) is 47.4. The van der Waals surface area contributed by atoms with Gasteiger partial charge in [-0.3, -0.25) is 19.2 Å². The van der Waals surface area contributed by atoms with E-state index < -0.39 is 54.5 Å². The molecule has 9 heteroatoms. The summed E-state index contributed by atoms with van der Waals surface area (Å²) in [7, 11) is 0. The third kappa shape index (κ3) is 7.40. The number of aliphatic hydroxyl groups excluding tert-OH is 1. The summed E-state index contributed by atoms with van der Waals surface area (Å²) in [6.07, 6.45) is -6.29. The molecule has 0 unspecified atom stereocenters. The normalized spacial score (nSPS) is 14.2. The van der Waals surface area contributed by atoms with E-state index in [1.54, 1.807) is 0 Å². The maximum absolute atomic E-state index is 12.0. The van der Waals surface area contributed by atoms with E-state index in [1.807, 2.05) is 91.0 Å². The zero-order chi connectivity index (χ0) is 29.1. The average molecular weight is 549 g/mol. The number of aliphatic hydroxyl groups is 1. The zero-order valence-corrected chi connectivity index (χ0v) is 22.5. The predicted molar refractivity (Wildman–Crippen MR) is 144 cm³/mol. The lowest BCUT2D eigenvalue weighted by atomic mass is 9.80. The predicted octanol–water partition coefficient (Wildman–Crippen LogP) is 3.35. The van der Waals surface area contributed by atoms with Crippen LogP contribution in [0.25, 0.3) is 0 Å². The standard InChI is InChI=1S/C31H32O9/c1-21(33)38-28(19-32)30(40-23(3)35)29(39-22(2)34)27(36)20-37-31(24-13-7-4-8-14-24,25-15-9-5-10-16-25)26-17-11-6-12-18-26/h4-19,27-30,36H,20H2,1-3H3/t27-,28+,29-,30-/m1/s1. The van der Waals surface area contributed by atoms with Crippen molar-refractivity contribution in [3.8, 4) is 0 Å². The van der Waals surface area contributed by atoms with Crippen molar-refractivity contribution in [1.29, 1.82) is 0 Å². The van der Waals surface area contributed by atoms with Crippen LogP contribution in [0.15, 0.2) is 91.0 Å². The van der Waals surface area contributed by atoms with Crippen LogP contribution in [0.2, 0.25) is 0 Å². The Kier molecular flexibility index (Phi) is 10.7. The van der Waals surface area contributed by atoms with Crippen LogP contribution in [0.5, 0.6) is 0 Å². The summed E-state index contributed by atoms with van der Waals surface area (Å²) < 4.78 is 22.1. The van der Waals surface area contributed by atoms with Crippen LogP contribution in [0.1, 0.15) is 37.5 Å². The average Bonchev–Trinajstić information content (AvgIpc) is 2.95. The van der Waals surface area contributed by atoms with Crippen LogP contribution in [0.3, 0.4) is 0 Å². The van der Waals surface area contributed by atoms with E-state index in [-0.39, 0.29) is 6.29 Å². The number of carbonyl (C=O) groups excluding carboxylic acids is 4. The second-order valence-electron chi connectivity index (χ2n) is 9.02. The summed E-state index contributed by atoms with van der Waals surface area (Å²) in [6, 6.07) is 28.1. The number of aldehydes is 1. The fourth-order valence-corrected chi connectivity index (χ4v) is 4.51. The Bertz CT molecular complexity index is 1170. The summed E-state index contributed by atoms with van der Waals surface area (Å²) >= 11 is 0. The Labute approximate surface area is 232 Å². The highest BCUT2D eigenvalue weighted by Gasteiger charge is 2.44. The van der Waals surface area contributed by atoms with Gasteiger partial charge in [0.25, 0.3) is 0 Å². The van der Waals surface area contributed by atoms with Crippen molar-refractivity contribution in [3.05, 3.63) is 108 Å². The summed E-state index contributed by atoms with van der Waals surface area (Å²) in [5.41, 5.74) is 1.05.